The Morgan fingerprint density at radius 2 is 1.86 bits per heavy atom. The molecule has 0 aliphatic heterocycles. The quantitative estimate of drug-likeness (QED) is 0.793. The zero-order chi connectivity index (χ0) is 15.2. The van der Waals surface area contributed by atoms with Crippen LogP contribution >= 0.6 is 0 Å². The van der Waals surface area contributed by atoms with Crippen LogP contribution in [0.3, 0.4) is 0 Å². The number of benzene rings is 2. The lowest BCUT2D eigenvalue weighted by Gasteiger charge is -2.22. The number of hydrogen-bond donors (Lipinski definition) is 0. The molecule has 4 nitrogen and oxygen atoms in total. The number of ether oxygens (including phenoxy) is 1. The van der Waals surface area contributed by atoms with Gasteiger partial charge in [-0.1, -0.05) is 30.3 Å². The van der Waals surface area contributed by atoms with Crippen molar-refractivity contribution in [2.45, 2.75) is 13.0 Å². The lowest BCUT2D eigenvalue weighted by atomic mass is 10.2. The highest BCUT2D eigenvalue weighted by atomic mass is 16.5. The Labute approximate surface area is 124 Å². The molecule has 0 aromatic heterocycles. The van der Waals surface area contributed by atoms with E-state index in [0.29, 0.717) is 11.3 Å². The molecule has 21 heavy (non-hydrogen) atoms. The van der Waals surface area contributed by atoms with Gasteiger partial charge in [-0.25, -0.2) is 0 Å². The smallest absolute Gasteiger partial charge is 0.267 e. The summed E-state index contributed by atoms with van der Waals surface area (Å²) < 4.78 is 5.61. The summed E-state index contributed by atoms with van der Waals surface area (Å²) in [7, 11) is 1.71. The van der Waals surface area contributed by atoms with Gasteiger partial charge in [-0.3, -0.25) is 9.59 Å². The Kier molecular flexibility index (Phi) is 4.72. The molecule has 0 bridgehead atoms. The third-order valence-electron chi connectivity index (χ3n) is 3.13. The minimum absolute atomic E-state index is 0.155. The number of anilines is 1. The van der Waals surface area contributed by atoms with E-state index in [1.165, 1.54) is 0 Å². The van der Waals surface area contributed by atoms with Gasteiger partial charge in [0, 0.05) is 18.3 Å². The van der Waals surface area contributed by atoms with Gasteiger partial charge in [0.15, 0.2) is 6.10 Å². The lowest BCUT2D eigenvalue weighted by Crippen LogP contribution is -2.38. The van der Waals surface area contributed by atoms with Crippen LogP contribution in [0, 0.1) is 0 Å². The van der Waals surface area contributed by atoms with Gasteiger partial charge in [-0.2, -0.15) is 0 Å². The number of likely N-dealkylation sites (N-methyl/N-ethyl adjacent to an activating group) is 1. The molecule has 0 aliphatic rings. The topological polar surface area (TPSA) is 46.6 Å². The van der Waals surface area contributed by atoms with E-state index in [-0.39, 0.29) is 5.91 Å². The predicted molar refractivity (Wildman–Crippen MR) is 81.8 cm³/mol. The van der Waals surface area contributed by atoms with E-state index in [4.69, 9.17) is 4.74 Å². The summed E-state index contributed by atoms with van der Waals surface area (Å²) in [4.78, 5) is 24.6. The zero-order valence-corrected chi connectivity index (χ0v) is 12.0. The number of rotatable bonds is 5. The van der Waals surface area contributed by atoms with Crippen molar-refractivity contribution >= 4 is 17.9 Å². The summed E-state index contributed by atoms with van der Waals surface area (Å²) in [6.45, 7) is 1.69. The van der Waals surface area contributed by atoms with Crippen molar-refractivity contribution in [2.24, 2.45) is 0 Å². The molecule has 0 saturated carbocycles. The van der Waals surface area contributed by atoms with Crippen molar-refractivity contribution in [3.8, 4) is 5.75 Å². The number of nitrogens with zero attached hydrogens (tertiary/aromatic N) is 1. The van der Waals surface area contributed by atoms with E-state index in [1.807, 2.05) is 30.3 Å². The van der Waals surface area contributed by atoms with Gasteiger partial charge in [0.05, 0.1) is 0 Å². The average molecular weight is 283 g/mol. The predicted octanol–water partition coefficient (Wildman–Crippen LogP) is 2.93. The van der Waals surface area contributed by atoms with Crippen molar-refractivity contribution in [3.63, 3.8) is 0 Å². The first-order valence-corrected chi connectivity index (χ1v) is 6.66. The summed E-state index contributed by atoms with van der Waals surface area (Å²) in [6.07, 6.45) is 0.104. The van der Waals surface area contributed by atoms with Crippen molar-refractivity contribution < 1.29 is 14.3 Å². The minimum atomic E-state index is -0.642. The fourth-order valence-electron chi connectivity index (χ4n) is 1.97. The van der Waals surface area contributed by atoms with Crippen LogP contribution in [-0.2, 0) is 4.79 Å². The Hall–Kier alpha value is -2.62. The van der Waals surface area contributed by atoms with Gasteiger partial charge in [0.25, 0.3) is 5.91 Å². The molecule has 0 saturated heterocycles. The number of carbonyl (C=O) groups is 2. The summed E-state index contributed by atoms with van der Waals surface area (Å²) in [5.74, 6) is 0.347. The number of carbonyl (C=O) groups excluding carboxylic acids is 2. The summed E-state index contributed by atoms with van der Waals surface area (Å²) >= 11 is 0. The van der Waals surface area contributed by atoms with E-state index >= 15 is 0 Å². The van der Waals surface area contributed by atoms with Crippen LogP contribution in [0.2, 0.25) is 0 Å². The molecule has 1 unspecified atom stereocenters. The van der Waals surface area contributed by atoms with Crippen LogP contribution in [0.15, 0.2) is 54.6 Å². The number of aldehydes is 1. The normalized spacial score (nSPS) is 11.5. The van der Waals surface area contributed by atoms with Gasteiger partial charge in [-0.15, -0.1) is 0 Å². The van der Waals surface area contributed by atoms with E-state index in [0.717, 1.165) is 12.0 Å². The maximum atomic E-state index is 12.3. The molecule has 0 heterocycles. The molecule has 0 fully saturated rings. The number of amides is 1. The van der Waals surface area contributed by atoms with Crippen LogP contribution in [0.4, 0.5) is 5.69 Å². The van der Waals surface area contributed by atoms with Crippen LogP contribution in [0.1, 0.15) is 17.3 Å². The molecule has 0 N–H and O–H groups in total. The monoisotopic (exact) mass is 283 g/mol. The molecule has 0 radical (unpaired) electrons. The zero-order valence-electron chi connectivity index (χ0n) is 12.0. The number of hydrogen-bond acceptors (Lipinski definition) is 3. The van der Waals surface area contributed by atoms with Crippen LogP contribution in [0.5, 0.6) is 5.75 Å². The molecule has 0 aliphatic carbocycles. The lowest BCUT2D eigenvalue weighted by molar-refractivity contribution is -0.124. The van der Waals surface area contributed by atoms with Gasteiger partial charge >= 0.3 is 0 Å². The Morgan fingerprint density at radius 1 is 1.14 bits per heavy atom. The molecule has 2 aromatic rings. The molecule has 108 valence electrons. The maximum Gasteiger partial charge on any atom is 0.267 e. The fourth-order valence-corrected chi connectivity index (χ4v) is 1.97. The first-order valence-electron chi connectivity index (χ1n) is 6.66. The molecule has 0 spiro atoms. The highest BCUT2D eigenvalue weighted by molar-refractivity contribution is 5.96. The van der Waals surface area contributed by atoms with Crippen molar-refractivity contribution in [1.29, 1.82) is 0 Å². The third kappa shape index (κ3) is 3.69. The highest BCUT2D eigenvalue weighted by Crippen LogP contribution is 2.17. The molecule has 1 atom stereocenters. The molecule has 1 amide bonds. The number of para-hydroxylation sites is 1. The van der Waals surface area contributed by atoms with Crippen LogP contribution in [-0.4, -0.2) is 25.3 Å². The van der Waals surface area contributed by atoms with E-state index in [9.17, 15) is 9.59 Å². The average Bonchev–Trinajstić information content (AvgIpc) is 2.54. The molecular weight excluding hydrogens is 266 g/mol. The van der Waals surface area contributed by atoms with Crippen molar-refractivity contribution in [2.75, 3.05) is 11.9 Å². The van der Waals surface area contributed by atoms with Gasteiger partial charge in [0.2, 0.25) is 0 Å². The van der Waals surface area contributed by atoms with Gasteiger partial charge < -0.3 is 9.64 Å². The maximum absolute atomic E-state index is 12.3. The second-order valence-electron chi connectivity index (χ2n) is 4.68. The third-order valence-corrected chi connectivity index (χ3v) is 3.13. The van der Waals surface area contributed by atoms with E-state index in [2.05, 4.69) is 0 Å². The summed E-state index contributed by atoms with van der Waals surface area (Å²) in [6, 6.07) is 16.1. The Bertz CT molecular complexity index is 625. The minimum Gasteiger partial charge on any atom is -0.481 e. The summed E-state index contributed by atoms with van der Waals surface area (Å²) in [5.41, 5.74) is 1.32. The first kappa shape index (κ1) is 14.8. The Balaban J connectivity index is 2.07. The van der Waals surface area contributed by atoms with Crippen LogP contribution < -0.4 is 9.64 Å². The van der Waals surface area contributed by atoms with E-state index < -0.39 is 6.10 Å². The van der Waals surface area contributed by atoms with Crippen molar-refractivity contribution in [3.05, 3.63) is 60.2 Å². The van der Waals surface area contributed by atoms with Gasteiger partial charge in [-0.05, 0) is 31.2 Å². The Morgan fingerprint density at radius 3 is 2.52 bits per heavy atom. The summed E-state index contributed by atoms with van der Waals surface area (Å²) in [5, 5.41) is 0. The molecule has 2 aromatic carbocycles. The SMILES string of the molecule is CC(Oc1cccc(C=O)c1)C(=O)N(C)c1ccccc1. The second kappa shape index (κ2) is 6.70. The van der Waals surface area contributed by atoms with Gasteiger partial charge in [0.1, 0.15) is 12.0 Å². The first-order chi connectivity index (χ1) is 10.1. The largest absolute Gasteiger partial charge is 0.481 e. The molecule has 2 rings (SSSR count). The van der Waals surface area contributed by atoms with E-state index in [1.54, 1.807) is 43.1 Å². The molecule has 4 heteroatoms. The highest BCUT2D eigenvalue weighted by Gasteiger charge is 2.20. The standard InChI is InChI=1S/C17H17NO3/c1-13(21-16-10-6-7-14(11-16)12-19)17(20)18(2)15-8-4-3-5-9-15/h3-13H,1-2H3. The molecular formula is C17H17NO3. The fraction of sp³-hybridized carbons (Fsp3) is 0.176. The van der Waals surface area contributed by atoms with Crippen LogP contribution in [0.25, 0.3) is 0 Å². The second-order valence-corrected chi connectivity index (χ2v) is 4.68. The van der Waals surface area contributed by atoms with Crippen molar-refractivity contribution in [1.82, 2.24) is 0 Å².